The van der Waals surface area contributed by atoms with E-state index in [4.69, 9.17) is 4.74 Å². The first-order chi connectivity index (χ1) is 8.81. The Kier molecular flexibility index (Phi) is 4.44. The maximum Gasteiger partial charge on any atom is 0.246 e. The van der Waals surface area contributed by atoms with Crippen LogP contribution in [0.2, 0.25) is 0 Å². The van der Waals surface area contributed by atoms with Crippen molar-refractivity contribution in [3.8, 4) is 10.6 Å². The number of methoxy groups -OCH3 is 1. The predicted molar refractivity (Wildman–Crippen MR) is 71.3 cm³/mol. The van der Waals surface area contributed by atoms with Gasteiger partial charge in [0.2, 0.25) is 5.91 Å². The van der Waals surface area contributed by atoms with Crippen LogP contribution in [0.4, 0.5) is 0 Å². The van der Waals surface area contributed by atoms with Gasteiger partial charge in [0.05, 0.1) is 0 Å². The number of carbonyl (C=O) groups excluding carboxylic acids is 1. The lowest BCUT2D eigenvalue weighted by molar-refractivity contribution is -0.124. The van der Waals surface area contributed by atoms with E-state index in [0.717, 1.165) is 16.1 Å². The first-order valence-corrected chi connectivity index (χ1v) is 6.42. The van der Waals surface area contributed by atoms with Gasteiger partial charge in [-0.3, -0.25) is 4.79 Å². The molecule has 2 aromatic rings. The largest absolute Gasteiger partial charge is 0.375 e. The van der Waals surface area contributed by atoms with Crippen LogP contribution in [0.3, 0.4) is 0 Å². The van der Waals surface area contributed by atoms with Gasteiger partial charge in [0.15, 0.2) is 0 Å². The lowest BCUT2D eigenvalue weighted by Gasteiger charge is -2.08. The molecule has 18 heavy (non-hydrogen) atoms. The average Bonchev–Trinajstić information content (AvgIpc) is 2.91. The number of carbonyl (C=O) groups is 1. The van der Waals surface area contributed by atoms with Gasteiger partial charge in [-0.25, -0.2) is 4.98 Å². The monoisotopic (exact) mass is 262 g/mol. The van der Waals surface area contributed by atoms with Gasteiger partial charge in [0.25, 0.3) is 0 Å². The molecule has 1 heterocycles. The van der Waals surface area contributed by atoms with Gasteiger partial charge in [-0.2, -0.15) is 0 Å². The molecule has 1 amide bonds. The van der Waals surface area contributed by atoms with Gasteiger partial charge in [-0.05, 0) is 5.56 Å². The molecule has 0 spiro atoms. The van der Waals surface area contributed by atoms with Gasteiger partial charge >= 0.3 is 0 Å². The zero-order valence-corrected chi connectivity index (χ0v) is 10.9. The van der Waals surface area contributed by atoms with Crippen molar-refractivity contribution < 1.29 is 9.53 Å². The SMILES string of the molecule is COCC(=O)NCc1ccccc1-c1nccs1. The Bertz CT molecular complexity index is 511. The van der Waals surface area contributed by atoms with E-state index in [1.165, 1.54) is 7.11 Å². The van der Waals surface area contributed by atoms with E-state index >= 15 is 0 Å². The standard InChI is InChI=1S/C13H14N2O2S/c1-17-9-12(16)15-8-10-4-2-3-5-11(10)13-14-6-7-18-13/h2-7H,8-9H2,1H3,(H,15,16). The van der Waals surface area contributed by atoms with Crippen molar-refractivity contribution >= 4 is 17.2 Å². The highest BCUT2D eigenvalue weighted by molar-refractivity contribution is 7.13. The summed E-state index contributed by atoms with van der Waals surface area (Å²) in [5, 5.41) is 5.72. The highest BCUT2D eigenvalue weighted by atomic mass is 32.1. The molecule has 4 nitrogen and oxygen atoms in total. The Hall–Kier alpha value is -1.72. The van der Waals surface area contributed by atoms with E-state index in [1.54, 1.807) is 17.5 Å². The quantitative estimate of drug-likeness (QED) is 0.897. The van der Waals surface area contributed by atoms with Crippen molar-refractivity contribution in [2.75, 3.05) is 13.7 Å². The molecule has 0 fully saturated rings. The Morgan fingerprint density at radius 1 is 1.44 bits per heavy atom. The van der Waals surface area contributed by atoms with Crippen LogP contribution in [0.1, 0.15) is 5.56 Å². The van der Waals surface area contributed by atoms with Gasteiger partial charge < -0.3 is 10.1 Å². The van der Waals surface area contributed by atoms with Crippen LogP contribution in [0, 0.1) is 0 Å². The summed E-state index contributed by atoms with van der Waals surface area (Å²) in [6, 6.07) is 7.92. The summed E-state index contributed by atoms with van der Waals surface area (Å²) in [5.41, 5.74) is 2.11. The zero-order chi connectivity index (χ0) is 12.8. The van der Waals surface area contributed by atoms with E-state index in [0.29, 0.717) is 6.54 Å². The van der Waals surface area contributed by atoms with E-state index in [9.17, 15) is 4.79 Å². The van der Waals surface area contributed by atoms with E-state index in [-0.39, 0.29) is 12.5 Å². The number of amides is 1. The first-order valence-electron chi connectivity index (χ1n) is 5.54. The molecule has 0 aliphatic rings. The van der Waals surface area contributed by atoms with Gasteiger partial charge in [0.1, 0.15) is 11.6 Å². The first kappa shape index (κ1) is 12.7. The number of benzene rings is 1. The summed E-state index contributed by atoms with van der Waals surface area (Å²) in [6.07, 6.45) is 1.78. The Morgan fingerprint density at radius 3 is 3.00 bits per heavy atom. The fraction of sp³-hybridized carbons (Fsp3) is 0.231. The molecule has 0 bridgehead atoms. The minimum absolute atomic E-state index is 0.0828. The zero-order valence-electron chi connectivity index (χ0n) is 10.1. The number of nitrogens with zero attached hydrogens (tertiary/aromatic N) is 1. The molecule has 0 aliphatic carbocycles. The molecule has 0 unspecified atom stereocenters. The molecule has 0 saturated carbocycles. The van der Waals surface area contributed by atoms with Gasteiger partial charge in [-0.1, -0.05) is 24.3 Å². The van der Waals surface area contributed by atoms with Crippen molar-refractivity contribution in [2.24, 2.45) is 0 Å². The minimum atomic E-state index is -0.119. The minimum Gasteiger partial charge on any atom is -0.375 e. The van der Waals surface area contributed by atoms with E-state index < -0.39 is 0 Å². The fourth-order valence-corrected chi connectivity index (χ4v) is 2.31. The highest BCUT2D eigenvalue weighted by Gasteiger charge is 2.07. The molecule has 0 aliphatic heterocycles. The Balaban J connectivity index is 2.11. The third kappa shape index (κ3) is 3.15. The number of aromatic nitrogens is 1. The smallest absolute Gasteiger partial charge is 0.246 e. The molecule has 1 aromatic carbocycles. The Labute approximate surface area is 110 Å². The summed E-state index contributed by atoms with van der Waals surface area (Å²) >= 11 is 1.59. The molecule has 0 saturated heterocycles. The van der Waals surface area contributed by atoms with Crippen LogP contribution in [-0.2, 0) is 16.1 Å². The summed E-state index contributed by atoms with van der Waals surface area (Å²) < 4.78 is 4.77. The molecule has 1 N–H and O–H groups in total. The second-order valence-electron chi connectivity index (χ2n) is 3.70. The summed E-state index contributed by atoms with van der Waals surface area (Å²) in [7, 11) is 1.50. The number of rotatable bonds is 5. The van der Waals surface area contributed by atoms with Crippen molar-refractivity contribution in [3.05, 3.63) is 41.4 Å². The lowest BCUT2D eigenvalue weighted by Crippen LogP contribution is -2.26. The third-order valence-electron chi connectivity index (χ3n) is 2.43. The van der Waals surface area contributed by atoms with Crippen LogP contribution in [-0.4, -0.2) is 24.6 Å². The van der Waals surface area contributed by atoms with Crippen LogP contribution in [0.25, 0.3) is 10.6 Å². The van der Waals surface area contributed by atoms with E-state index in [2.05, 4.69) is 10.3 Å². The Morgan fingerprint density at radius 2 is 2.28 bits per heavy atom. The fourth-order valence-electron chi connectivity index (χ4n) is 1.62. The molecule has 94 valence electrons. The highest BCUT2D eigenvalue weighted by Crippen LogP contribution is 2.25. The molecule has 0 atom stereocenters. The van der Waals surface area contributed by atoms with Gasteiger partial charge in [-0.15, -0.1) is 11.3 Å². The average molecular weight is 262 g/mol. The van der Waals surface area contributed by atoms with Crippen LogP contribution >= 0.6 is 11.3 Å². The molecule has 0 radical (unpaired) electrons. The molecular weight excluding hydrogens is 248 g/mol. The van der Waals surface area contributed by atoms with Crippen molar-refractivity contribution in [3.63, 3.8) is 0 Å². The maximum atomic E-state index is 11.4. The summed E-state index contributed by atoms with van der Waals surface area (Å²) in [4.78, 5) is 15.7. The van der Waals surface area contributed by atoms with Gasteiger partial charge in [0, 0.05) is 30.8 Å². The molecule has 2 rings (SSSR count). The summed E-state index contributed by atoms with van der Waals surface area (Å²) in [6.45, 7) is 0.567. The van der Waals surface area contributed by atoms with Crippen LogP contribution in [0.5, 0.6) is 0 Å². The number of ether oxygens (including phenoxy) is 1. The maximum absolute atomic E-state index is 11.4. The van der Waals surface area contributed by atoms with Crippen molar-refractivity contribution in [2.45, 2.75) is 6.54 Å². The predicted octanol–water partition coefficient (Wildman–Crippen LogP) is 2.07. The normalized spacial score (nSPS) is 10.3. The topological polar surface area (TPSA) is 51.2 Å². The second kappa shape index (κ2) is 6.28. The third-order valence-corrected chi connectivity index (χ3v) is 3.24. The molecule has 1 aromatic heterocycles. The molecule has 5 heteroatoms. The number of nitrogens with one attached hydrogen (secondary N) is 1. The number of hydrogen-bond donors (Lipinski definition) is 1. The molecular formula is C13H14N2O2S. The van der Waals surface area contributed by atoms with Crippen molar-refractivity contribution in [1.29, 1.82) is 0 Å². The number of hydrogen-bond acceptors (Lipinski definition) is 4. The number of thiazole rings is 1. The second-order valence-corrected chi connectivity index (χ2v) is 4.60. The summed E-state index contributed by atoms with van der Waals surface area (Å²) in [5.74, 6) is -0.119. The lowest BCUT2D eigenvalue weighted by atomic mass is 10.1. The van der Waals surface area contributed by atoms with Crippen molar-refractivity contribution in [1.82, 2.24) is 10.3 Å². The van der Waals surface area contributed by atoms with Crippen LogP contribution < -0.4 is 5.32 Å². The van der Waals surface area contributed by atoms with E-state index in [1.807, 2.05) is 29.6 Å². The van der Waals surface area contributed by atoms with Crippen LogP contribution in [0.15, 0.2) is 35.8 Å².